The van der Waals surface area contributed by atoms with E-state index in [4.69, 9.17) is 9.47 Å². The molecule has 0 saturated carbocycles. The summed E-state index contributed by atoms with van der Waals surface area (Å²) in [5.41, 5.74) is 4.07. The van der Waals surface area contributed by atoms with Crippen molar-refractivity contribution in [2.45, 2.75) is 11.4 Å². The van der Waals surface area contributed by atoms with Crippen LogP contribution in [0.5, 0.6) is 11.5 Å². The zero-order valence-corrected chi connectivity index (χ0v) is 20.8. The average molecular weight is 502 g/mol. The van der Waals surface area contributed by atoms with E-state index in [1.165, 1.54) is 0 Å². The van der Waals surface area contributed by atoms with Crippen LogP contribution in [0.3, 0.4) is 0 Å². The zero-order valence-electron chi connectivity index (χ0n) is 20.0. The van der Waals surface area contributed by atoms with E-state index >= 15 is 0 Å². The van der Waals surface area contributed by atoms with Gasteiger partial charge in [-0.05, 0) is 59.7 Å². The van der Waals surface area contributed by atoms with Crippen LogP contribution in [0.2, 0.25) is 0 Å². The molecule has 4 aromatic carbocycles. The lowest BCUT2D eigenvalue weighted by atomic mass is 10.1. The number of hydrogen-bond acceptors (Lipinski definition) is 5. The molecule has 0 fully saturated rings. The minimum Gasteiger partial charge on any atom is -0.588 e. The van der Waals surface area contributed by atoms with Crippen LogP contribution in [0.15, 0.2) is 102 Å². The summed E-state index contributed by atoms with van der Waals surface area (Å²) >= 11 is -1.46. The Labute approximate surface area is 213 Å². The second kappa shape index (κ2) is 12.0. The average Bonchev–Trinajstić information content (AvgIpc) is 2.93. The predicted octanol–water partition coefficient (Wildman–Crippen LogP) is 5.83. The minimum atomic E-state index is -1.46. The lowest BCUT2D eigenvalue weighted by Crippen LogP contribution is -2.28. The number of carbonyl (C=O) groups excluding carboxylic acids is 1. The Kier molecular flexibility index (Phi) is 8.33. The van der Waals surface area contributed by atoms with Crippen molar-refractivity contribution in [3.8, 4) is 22.6 Å². The van der Waals surface area contributed by atoms with Crippen LogP contribution in [0.25, 0.3) is 11.1 Å². The van der Waals surface area contributed by atoms with Crippen LogP contribution in [0.4, 0.5) is 16.2 Å². The first kappa shape index (κ1) is 25.0. The molecule has 184 valence electrons. The molecular weight excluding hydrogens is 474 g/mol. The van der Waals surface area contributed by atoms with E-state index in [9.17, 15) is 9.35 Å². The molecule has 8 heteroatoms. The summed E-state index contributed by atoms with van der Waals surface area (Å²) in [6, 6.07) is 29.6. The molecule has 1 atom stereocenters. The maximum atomic E-state index is 13.1. The van der Waals surface area contributed by atoms with Gasteiger partial charge in [0.25, 0.3) is 0 Å². The summed E-state index contributed by atoms with van der Waals surface area (Å²) in [7, 11) is 3.14. The lowest BCUT2D eigenvalue weighted by molar-refractivity contribution is 0.251. The molecule has 0 aliphatic carbocycles. The molecule has 4 aromatic rings. The van der Waals surface area contributed by atoms with E-state index in [2.05, 4.69) is 15.4 Å². The number of ether oxygens (including phenoxy) is 2. The Morgan fingerprint density at radius 2 is 1.47 bits per heavy atom. The van der Waals surface area contributed by atoms with Gasteiger partial charge >= 0.3 is 6.03 Å². The second-order valence-electron chi connectivity index (χ2n) is 7.81. The molecule has 36 heavy (non-hydrogen) atoms. The molecule has 0 spiro atoms. The van der Waals surface area contributed by atoms with Crippen molar-refractivity contribution in [3.05, 3.63) is 103 Å². The summed E-state index contributed by atoms with van der Waals surface area (Å²) in [5, 5.41) is 5.61. The number of methoxy groups -OCH3 is 2. The van der Waals surface area contributed by atoms with Crippen LogP contribution in [0, 0.1) is 0 Å². The van der Waals surface area contributed by atoms with Gasteiger partial charge in [0.05, 0.1) is 19.9 Å². The van der Waals surface area contributed by atoms with Gasteiger partial charge < -0.3 is 24.7 Å². The van der Waals surface area contributed by atoms with E-state index < -0.39 is 11.4 Å². The number of anilines is 2. The summed E-state index contributed by atoms with van der Waals surface area (Å²) in [4.78, 5) is 13.0. The molecule has 0 saturated heterocycles. The van der Waals surface area contributed by atoms with E-state index in [1.54, 1.807) is 44.6 Å². The maximum Gasteiger partial charge on any atom is 0.319 e. The van der Waals surface area contributed by atoms with Gasteiger partial charge in [-0.1, -0.05) is 48.5 Å². The molecule has 4 rings (SSSR count). The van der Waals surface area contributed by atoms with Gasteiger partial charge in [0, 0.05) is 17.8 Å². The van der Waals surface area contributed by atoms with Crippen molar-refractivity contribution in [1.82, 2.24) is 5.32 Å². The van der Waals surface area contributed by atoms with Crippen molar-refractivity contribution in [3.63, 3.8) is 0 Å². The Morgan fingerprint density at radius 1 is 0.806 bits per heavy atom. The quantitative estimate of drug-likeness (QED) is 0.251. The van der Waals surface area contributed by atoms with Crippen molar-refractivity contribution in [1.29, 1.82) is 0 Å². The van der Waals surface area contributed by atoms with Crippen molar-refractivity contribution in [2.75, 3.05) is 24.3 Å². The summed E-state index contributed by atoms with van der Waals surface area (Å²) < 4.78 is 26.6. The number of amides is 2. The zero-order chi connectivity index (χ0) is 25.3. The number of benzene rings is 4. The Hall–Kier alpha value is -4.14. The van der Waals surface area contributed by atoms with Gasteiger partial charge in [-0.2, -0.15) is 0 Å². The number of urea groups is 1. The van der Waals surface area contributed by atoms with Crippen LogP contribution in [-0.4, -0.2) is 24.8 Å². The fourth-order valence-corrected chi connectivity index (χ4v) is 4.66. The summed E-state index contributed by atoms with van der Waals surface area (Å²) in [5.74, 6) is 1.23. The smallest absolute Gasteiger partial charge is 0.319 e. The minimum absolute atomic E-state index is 0.325. The summed E-state index contributed by atoms with van der Waals surface area (Å²) in [6.07, 6.45) is 0. The van der Waals surface area contributed by atoms with Crippen LogP contribution in [0.1, 0.15) is 5.56 Å². The fourth-order valence-electron chi connectivity index (χ4n) is 3.62. The van der Waals surface area contributed by atoms with Gasteiger partial charge in [-0.15, -0.1) is 0 Å². The molecule has 0 heterocycles. The SMILES string of the molecule is COc1ccc(CNC(=O)Nc2ccc(N[S+]([O-])c3ccccc3-c3ccccc3)cc2)cc1OC. The Morgan fingerprint density at radius 3 is 2.19 bits per heavy atom. The van der Waals surface area contributed by atoms with E-state index in [-0.39, 0.29) is 6.03 Å². The van der Waals surface area contributed by atoms with E-state index in [0.717, 1.165) is 16.7 Å². The van der Waals surface area contributed by atoms with E-state index in [0.29, 0.717) is 34.3 Å². The van der Waals surface area contributed by atoms with Crippen LogP contribution in [-0.2, 0) is 17.9 Å². The van der Waals surface area contributed by atoms with Crippen molar-refractivity contribution in [2.24, 2.45) is 0 Å². The number of rotatable bonds is 9. The number of carbonyl (C=O) groups is 1. The first-order valence-corrected chi connectivity index (χ1v) is 12.4. The first-order valence-electron chi connectivity index (χ1n) is 11.3. The third-order valence-corrected chi connectivity index (χ3v) is 6.60. The highest BCUT2D eigenvalue weighted by Crippen LogP contribution is 2.29. The molecule has 1 unspecified atom stereocenters. The van der Waals surface area contributed by atoms with Gasteiger partial charge in [-0.25, -0.2) is 9.52 Å². The highest BCUT2D eigenvalue weighted by Gasteiger charge is 2.18. The fraction of sp³-hybridized carbons (Fsp3) is 0.107. The number of nitrogens with one attached hydrogen (secondary N) is 3. The highest BCUT2D eigenvalue weighted by molar-refractivity contribution is 7.92. The third-order valence-electron chi connectivity index (χ3n) is 5.43. The predicted molar refractivity (Wildman–Crippen MR) is 144 cm³/mol. The monoisotopic (exact) mass is 501 g/mol. The highest BCUT2D eigenvalue weighted by atomic mass is 32.2. The molecule has 0 aliphatic rings. The van der Waals surface area contributed by atoms with Crippen molar-refractivity contribution >= 4 is 28.8 Å². The standard InChI is InChI=1S/C28H27N3O4S/c1-34-25-17-12-20(18-26(25)35-2)19-29-28(32)30-22-13-15-23(16-14-22)31-36(33)27-11-7-6-10-24(27)21-8-4-3-5-9-21/h3-18,31H,19H2,1-2H3,(H2,29,30,32). The molecule has 7 nitrogen and oxygen atoms in total. The normalized spacial score (nSPS) is 11.3. The molecule has 0 aromatic heterocycles. The van der Waals surface area contributed by atoms with Gasteiger partial charge in [0.15, 0.2) is 16.4 Å². The first-order chi connectivity index (χ1) is 17.6. The third kappa shape index (κ3) is 6.29. The van der Waals surface area contributed by atoms with Gasteiger partial charge in [-0.3, -0.25) is 0 Å². The maximum absolute atomic E-state index is 13.1. The lowest BCUT2D eigenvalue weighted by Gasteiger charge is -2.15. The van der Waals surface area contributed by atoms with E-state index in [1.807, 2.05) is 66.7 Å². The Balaban J connectivity index is 1.34. The largest absolute Gasteiger partial charge is 0.588 e. The molecule has 0 bridgehead atoms. The Bertz CT molecular complexity index is 1300. The molecular formula is C28H27N3O4S. The van der Waals surface area contributed by atoms with Crippen LogP contribution >= 0.6 is 0 Å². The van der Waals surface area contributed by atoms with Gasteiger partial charge in [0.2, 0.25) is 0 Å². The van der Waals surface area contributed by atoms with Crippen LogP contribution < -0.4 is 24.8 Å². The topological polar surface area (TPSA) is 94.7 Å². The molecule has 2 amide bonds. The van der Waals surface area contributed by atoms with Gasteiger partial charge in [0.1, 0.15) is 11.4 Å². The molecule has 0 radical (unpaired) electrons. The second-order valence-corrected chi connectivity index (χ2v) is 8.99. The van der Waals surface area contributed by atoms with Crippen molar-refractivity contribution < 1.29 is 18.8 Å². The molecule has 0 aliphatic heterocycles. The molecule has 3 N–H and O–H groups in total. The number of hydrogen-bond donors (Lipinski definition) is 3. The summed E-state index contributed by atoms with van der Waals surface area (Å²) in [6.45, 7) is 0.325.